The molecule has 0 atom stereocenters. The van der Waals surface area contributed by atoms with Crippen molar-refractivity contribution in [2.75, 3.05) is 17.2 Å². The number of benzene rings is 2. The quantitative estimate of drug-likeness (QED) is 0.837. The van der Waals surface area contributed by atoms with E-state index in [1.165, 1.54) is 4.90 Å². The van der Waals surface area contributed by atoms with Crippen LogP contribution in [0.15, 0.2) is 30.3 Å². The monoisotopic (exact) mass is 348 g/mol. The third-order valence-corrected chi connectivity index (χ3v) is 3.85. The number of carbonyl (C=O) groups is 1. The number of rotatable bonds is 3. The summed E-state index contributed by atoms with van der Waals surface area (Å²) in [6, 6.07) is 5.86. The molecule has 0 spiro atoms. The number of halogens is 3. The third kappa shape index (κ3) is 3.73. The Bertz CT molecular complexity index is 819. The van der Waals surface area contributed by atoms with Gasteiger partial charge in [0.05, 0.1) is 0 Å². The van der Waals surface area contributed by atoms with Gasteiger partial charge in [-0.1, -0.05) is 6.07 Å². The van der Waals surface area contributed by atoms with Gasteiger partial charge in [-0.05, 0) is 29.7 Å². The first-order chi connectivity index (χ1) is 12.0. The minimum Gasteiger partial charge on any atom is -0.330 e. The standard InChI is InChI=1S/C17H13F3N3O2/c18-14-6-13(7-15(19)16(14)20)22-17(25)21-12-2-1-11-8-23(9-24)4-3-10(11)5-12/h1-2,5-7H,3-4,8H2,(H2,21,22,25). The third-order valence-electron chi connectivity index (χ3n) is 3.85. The molecule has 2 aromatic rings. The lowest BCUT2D eigenvalue weighted by Crippen LogP contribution is -2.29. The average Bonchev–Trinajstić information content (AvgIpc) is 2.59. The molecule has 129 valence electrons. The zero-order chi connectivity index (χ0) is 18.0. The van der Waals surface area contributed by atoms with Gasteiger partial charge in [-0.3, -0.25) is 4.79 Å². The molecule has 3 rings (SSSR count). The van der Waals surface area contributed by atoms with E-state index in [-0.39, 0.29) is 5.69 Å². The lowest BCUT2D eigenvalue weighted by atomic mass is 9.99. The summed E-state index contributed by atoms with van der Waals surface area (Å²) >= 11 is 0. The fraction of sp³-hybridized carbons (Fsp3) is 0.176. The molecule has 1 aliphatic heterocycles. The molecule has 1 heterocycles. The molecule has 25 heavy (non-hydrogen) atoms. The molecule has 0 aromatic heterocycles. The molecule has 8 heteroatoms. The van der Waals surface area contributed by atoms with Gasteiger partial charge < -0.3 is 15.5 Å². The molecule has 1 aliphatic rings. The van der Waals surface area contributed by atoms with Crippen molar-refractivity contribution >= 4 is 23.8 Å². The highest BCUT2D eigenvalue weighted by Crippen LogP contribution is 2.22. The molecule has 0 bridgehead atoms. The summed E-state index contributed by atoms with van der Waals surface area (Å²) in [5.41, 5.74) is 2.23. The van der Waals surface area contributed by atoms with Crippen LogP contribution in [0.3, 0.4) is 0 Å². The number of hydrogen-bond donors (Lipinski definition) is 2. The number of nitrogens with zero attached hydrogens (tertiary/aromatic N) is 1. The van der Waals surface area contributed by atoms with E-state index in [0.717, 1.165) is 11.1 Å². The van der Waals surface area contributed by atoms with Crippen molar-refractivity contribution in [1.82, 2.24) is 4.90 Å². The summed E-state index contributed by atoms with van der Waals surface area (Å²) in [6.07, 6.45) is 2.48. The van der Waals surface area contributed by atoms with Crippen LogP contribution in [-0.4, -0.2) is 23.9 Å². The maximum absolute atomic E-state index is 13.1. The van der Waals surface area contributed by atoms with E-state index in [0.29, 0.717) is 37.3 Å². The summed E-state index contributed by atoms with van der Waals surface area (Å²) in [5.74, 6) is -4.37. The summed E-state index contributed by atoms with van der Waals surface area (Å²) in [7, 11) is 0. The van der Waals surface area contributed by atoms with Crippen LogP contribution in [0.1, 0.15) is 11.1 Å². The molecule has 1 radical (unpaired) electrons. The Balaban J connectivity index is 1.68. The molecule has 2 aromatic carbocycles. The SMILES string of the molecule is O=[C]N1CCc2cc(NC(=O)Nc3cc(F)c(F)c(F)c3)ccc2C1. The summed E-state index contributed by atoms with van der Waals surface area (Å²) in [6.45, 7) is 1.000. The minimum atomic E-state index is -1.60. The van der Waals surface area contributed by atoms with Crippen LogP contribution in [0.2, 0.25) is 0 Å². The first kappa shape index (κ1) is 16.8. The topological polar surface area (TPSA) is 61.4 Å². The van der Waals surface area contributed by atoms with Gasteiger partial charge in [-0.25, -0.2) is 18.0 Å². The number of carbonyl (C=O) groups excluding carboxylic acids is 2. The van der Waals surface area contributed by atoms with Crippen molar-refractivity contribution in [2.24, 2.45) is 0 Å². The predicted molar refractivity (Wildman–Crippen MR) is 85.2 cm³/mol. The van der Waals surface area contributed by atoms with E-state index in [2.05, 4.69) is 10.6 Å². The molecule has 3 amide bonds. The Hall–Kier alpha value is -3.03. The molecule has 0 aliphatic carbocycles. The Kier molecular flexibility index (Phi) is 4.60. The van der Waals surface area contributed by atoms with Gasteiger partial charge in [0.1, 0.15) is 0 Å². The minimum absolute atomic E-state index is 0.205. The summed E-state index contributed by atoms with van der Waals surface area (Å²) < 4.78 is 39.2. The molecule has 0 saturated heterocycles. The highest BCUT2D eigenvalue weighted by atomic mass is 19.2. The lowest BCUT2D eigenvalue weighted by molar-refractivity contribution is 0.262. The van der Waals surface area contributed by atoms with Crippen LogP contribution in [0.4, 0.5) is 29.3 Å². The smallest absolute Gasteiger partial charge is 0.323 e. The first-order valence-electron chi connectivity index (χ1n) is 7.43. The van der Waals surface area contributed by atoms with E-state index >= 15 is 0 Å². The Morgan fingerprint density at radius 1 is 1.00 bits per heavy atom. The maximum atomic E-state index is 13.1. The fourth-order valence-electron chi connectivity index (χ4n) is 2.63. The van der Waals surface area contributed by atoms with Gasteiger partial charge in [0.25, 0.3) is 0 Å². The highest BCUT2D eigenvalue weighted by molar-refractivity contribution is 5.99. The first-order valence-corrected chi connectivity index (χ1v) is 7.43. The van der Waals surface area contributed by atoms with Gasteiger partial charge >= 0.3 is 12.4 Å². The van der Waals surface area contributed by atoms with Gasteiger partial charge in [-0.15, -0.1) is 0 Å². The maximum Gasteiger partial charge on any atom is 0.323 e. The van der Waals surface area contributed by atoms with Crippen LogP contribution in [0, 0.1) is 17.5 Å². The van der Waals surface area contributed by atoms with Gasteiger partial charge in [0, 0.05) is 36.6 Å². The van der Waals surface area contributed by atoms with Crippen LogP contribution >= 0.6 is 0 Å². The number of hydrogen-bond acceptors (Lipinski definition) is 2. The second kappa shape index (κ2) is 6.84. The zero-order valence-corrected chi connectivity index (χ0v) is 12.9. The molecular formula is C17H13F3N3O2. The largest absolute Gasteiger partial charge is 0.330 e. The zero-order valence-electron chi connectivity index (χ0n) is 12.9. The molecule has 0 unspecified atom stereocenters. The van der Waals surface area contributed by atoms with Crippen molar-refractivity contribution in [3.05, 3.63) is 58.9 Å². The van der Waals surface area contributed by atoms with E-state index in [9.17, 15) is 22.8 Å². The number of urea groups is 1. The van der Waals surface area contributed by atoms with Crippen LogP contribution in [0.5, 0.6) is 0 Å². The second-order valence-electron chi connectivity index (χ2n) is 5.58. The Morgan fingerprint density at radius 3 is 2.36 bits per heavy atom. The molecule has 0 fully saturated rings. The molecular weight excluding hydrogens is 335 g/mol. The fourth-order valence-corrected chi connectivity index (χ4v) is 2.63. The molecule has 5 nitrogen and oxygen atoms in total. The lowest BCUT2D eigenvalue weighted by Gasteiger charge is -2.25. The van der Waals surface area contributed by atoms with Crippen molar-refractivity contribution in [3.8, 4) is 0 Å². The van der Waals surface area contributed by atoms with E-state index < -0.39 is 23.5 Å². The number of amides is 3. The highest BCUT2D eigenvalue weighted by Gasteiger charge is 2.16. The van der Waals surface area contributed by atoms with E-state index in [1.807, 2.05) is 6.41 Å². The number of anilines is 2. The molecule has 0 saturated carbocycles. The average molecular weight is 348 g/mol. The number of nitrogens with one attached hydrogen (secondary N) is 2. The van der Waals surface area contributed by atoms with Crippen LogP contribution < -0.4 is 10.6 Å². The van der Waals surface area contributed by atoms with Crippen molar-refractivity contribution in [3.63, 3.8) is 0 Å². The van der Waals surface area contributed by atoms with Gasteiger partial charge in [0.15, 0.2) is 17.5 Å². The van der Waals surface area contributed by atoms with Crippen molar-refractivity contribution < 1.29 is 22.8 Å². The van der Waals surface area contributed by atoms with E-state index in [4.69, 9.17) is 0 Å². The van der Waals surface area contributed by atoms with Crippen molar-refractivity contribution in [2.45, 2.75) is 13.0 Å². The van der Waals surface area contributed by atoms with Gasteiger partial charge in [0.2, 0.25) is 0 Å². The predicted octanol–water partition coefficient (Wildman–Crippen LogP) is 3.17. The summed E-state index contributed by atoms with van der Waals surface area (Å²) in [4.78, 5) is 24.1. The Morgan fingerprint density at radius 2 is 1.68 bits per heavy atom. The van der Waals surface area contributed by atoms with Crippen molar-refractivity contribution in [1.29, 1.82) is 0 Å². The second-order valence-corrected chi connectivity index (χ2v) is 5.58. The normalized spacial score (nSPS) is 13.2. The van der Waals surface area contributed by atoms with Crippen LogP contribution in [-0.2, 0) is 17.8 Å². The van der Waals surface area contributed by atoms with Gasteiger partial charge in [-0.2, -0.15) is 0 Å². The van der Waals surface area contributed by atoms with Crippen LogP contribution in [0.25, 0.3) is 0 Å². The Labute approximate surface area is 141 Å². The number of fused-ring (bicyclic) bond motifs is 1. The summed E-state index contributed by atoms with van der Waals surface area (Å²) in [5, 5.41) is 4.78. The molecule has 2 N–H and O–H groups in total. The van der Waals surface area contributed by atoms with E-state index in [1.54, 1.807) is 18.2 Å².